The highest BCUT2D eigenvalue weighted by Gasteiger charge is 2.16. The van der Waals surface area contributed by atoms with Gasteiger partial charge in [-0.05, 0) is 71.7 Å². The number of carbonyl (C=O) groups is 2. The maximum Gasteiger partial charge on any atom is 0.341 e. The Bertz CT molecular complexity index is 1330. The number of aliphatic hydroxyl groups excluding tert-OH is 1. The van der Waals surface area contributed by atoms with Gasteiger partial charge in [0, 0.05) is 11.1 Å². The topological polar surface area (TPSA) is 72.8 Å². The Labute approximate surface area is 231 Å². The molecule has 204 valence electrons. The lowest BCUT2D eigenvalue weighted by molar-refractivity contribution is -0.140. The molecule has 1 N–H and O–H groups in total. The van der Waals surface area contributed by atoms with Gasteiger partial charge in [-0.15, -0.1) is 0 Å². The summed E-state index contributed by atoms with van der Waals surface area (Å²) in [7, 11) is 0. The van der Waals surface area contributed by atoms with Crippen molar-refractivity contribution in [3.63, 3.8) is 0 Å². The second-order valence-corrected chi connectivity index (χ2v) is 9.71. The van der Waals surface area contributed by atoms with Gasteiger partial charge in [0.1, 0.15) is 12.4 Å². The van der Waals surface area contributed by atoms with Crippen molar-refractivity contribution in [2.45, 2.75) is 59.5 Å². The molecular formula is C34H38O5. The number of aliphatic hydroxyl groups is 1. The lowest BCUT2D eigenvalue weighted by Gasteiger charge is -2.15. The van der Waals surface area contributed by atoms with E-state index in [9.17, 15) is 14.7 Å². The molecule has 3 aromatic carbocycles. The highest BCUT2D eigenvalue weighted by Crippen LogP contribution is 2.33. The van der Waals surface area contributed by atoms with Crippen molar-refractivity contribution in [1.82, 2.24) is 0 Å². The smallest absolute Gasteiger partial charge is 0.341 e. The summed E-state index contributed by atoms with van der Waals surface area (Å²) in [5.41, 5.74) is 7.59. The van der Waals surface area contributed by atoms with Gasteiger partial charge in [0.2, 0.25) is 0 Å². The third kappa shape index (κ3) is 8.01. The summed E-state index contributed by atoms with van der Waals surface area (Å²) < 4.78 is 10.8. The molecule has 0 saturated carbocycles. The van der Waals surface area contributed by atoms with Crippen LogP contribution in [-0.2, 0) is 33.8 Å². The van der Waals surface area contributed by atoms with Crippen molar-refractivity contribution in [2.24, 2.45) is 0 Å². The Kier molecular flexibility index (Phi) is 10.8. The summed E-state index contributed by atoms with van der Waals surface area (Å²) in [6.07, 6.45) is 5.66. The lowest BCUT2D eigenvalue weighted by atomic mass is 9.92. The van der Waals surface area contributed by atoms with Gasteiger partial charge in [0.05, 0.1) is 12.2 Å². The van der Waals surface area contributed by atoms with Crippen molar-refractivity contribution in [3.8, 4) is 28.0 Å². The summed E-state index contributed by atoms with van der Waals surface area (Å²) in [6, 6.07) is 20.6. The fourth-order valence-electron chi connectivity index (χ4n) is 4.25. The minimum Gasteiger partial charge on any atom is -0.457 e. The van der Waals surface area contributed by atoms with Crippen molar-refractivity contribution in [1.29, 1.82) is 0 Å². The van der Waals surface area contributed by atoms with Crippen LogP contribution in [-0.4, -0.2) is 23.7 Å². The molecule has 0 aliphatic heterocycles. The van der Waals surface area contributed by atoms with E-state index < -0.39 is 18.5 Å². The summed E-state index contributed by atoms with van der Waals surface area (Å²) in [5.74, 6) is -1.04. The van der Waals surface area contributed by atoms with Crippen LogP contribution in [0.1, 0.15) is 56.7 Å². The van der Waals surface area contributed by atoms with Crippen LogP contribution in [0.5, 0.6) is 5.75 Å². The molecule has 3 aromatic rings. The molecular weight excluding hydrogens is 488 g/mol. The molecule has 0 radical (unpaired) electrons. The van der Waals surface area contributed by atoms with Crippen LogP contribution in [0.2, 0.25) is 0 Å². The zero-order chi connectivity index (χ0) is 28.4. The Hall–Kier alpha value is -3.96. The molecule has 0 atom stereocenters. The first-order chi connectivity index (χ1) is 18.8. The maximum atomic E-state index is 12.2. The minimum absolute atomic E-state index is 0.0684. The van der Waals surface area contributed by atoms with E-state index in [1.54, 1.807) is 13.0 Å². The van der Waals surface area contributed by atoms with Crippen LogP contribution in [0.4, 0.5) is 0 Å². The first kappa shape index (κ1) is 29.6. The number of unbranched alkanes of at least 4 members (excludes halogenated alkanes) is 2. The highest BCUT2D eigenvalue weighted by atomic mass is 16.5. The SMILES string of the molecule is C=C(C)C(=O)OCc1cc(-c2ccc(-c3ccc(CCCCC)cc3)c(CC)c2)ccc1OC(=O)C(=C)CO. The number of aryl methyl sites for hydroxylation is 2. The summed E-state index contributed by atoms with van der Waals surface area (Å²) in [4.78, 5) is 24.3. The first-order valence-corrected chi connectivity index (χ1v) is 13.5. The van der Waals surface area contributed by atoms with E-state index >= 15 is 0 Å². The number of ether oxygens (including phenoxy) is 2. The number of hydrogen-bond donors (Lipinski definition) is 1. The van der Waals surface area contributed by atoms with Crippen LogP contribution >= 0.6 is 0 Å². The van der Waals surface area contributed by atoms with Gasteiger partial charge in [0.15, 0.2) is 0 Å². The Morgan fingerprint density at radius 3 is 2.08 bits per heavy atom. The second kappa shape index (κ2) is 14.3. The fraction of sp³-hybridized carbons (Fsp3) is 0.294. The van der Waals surface area contributed by atoms with Gasteiger partial charge in [0.25, 0.3) is 0 Å². The van der Waals surface area contributed by atoms with E-state index in [0.29, 0.717) is 5.56 Å². The zero-order valence-electron chi connectivity index (χ0n) is 23.2. The Balaban J connectivity index is 1.91. The van der Waals surface area contributed by atoms with E-state index in [0.717, 1.165) is 24.0 Å². The van der Waals surface area contributed by atoms with Crippen molar-refractivity contribution < 1.29 is 24.2 Å². The van der Waals surface area contributed by atoms with Gasteiger partial charge >= 0.3 is 11.9 Å². The molecule has 0 amide bonds. The standard InChI is InChI=1S/C34H38O5/c1-6-8-9-10-25-11-13-27(14-12-25)31-17-15-28(19-26(31)7-2)29-16-18-32(39-34(37)24(5)21-35)30(20-29)22-38-33(36)23(3)4/h11-20,35H,3,5-10,21-22H2,1-2,4H3. The third-order valence-electron chi connectivity index (χ3n) is 6.60. The maximum absolute atomic E-state index is 12.2. The van der Waals surface area contributed by atoms with E-state index in [1.165, 1.54) is 41.5 Å². The van der Waals surface area contributed by atoms with Gasteiger partial charge in [-0.2, -0.15) is 0 Å². The van der Waals surface area contributed by atoms with Gasteiger partial charge in [-0.1, -0.05) is 88.4 Å². The molecule has 0 spiro atoms. The predicted molar refractivity (Wildman–Crippen MR) is 156 cm³/mol. The van der Waals surface area contributed by atoms with Crippen molar-refractivity contribution >= 4 is 11.9 Å². The molecule has 0 saturated heterocycles. The normalized spacial score (nSPS) is 10.7. The monoisotopic (exact) mass is 526 g/mol. The number of benzene rings is 3. The average Bonchev–Trinajstić information content (AvgIpc) is 2.96. The molecule has 0 aliphatic rings. The zero-order valence-corrected chi connectivity index (χ0v) is 23.2. The summed E-state index contributed by atoms with van der Waals surface area (Å²) in [6.45, 7) is 12.4. The Morgan fingerprint density at radius 1 is 0.821 bits per heavy atom. The largest absolute Gasteiger partial charge is 0.457 e. The fourth-order valence-corrected chi connectivity index (χ4v) is 4.25. The molecule has 0 aromatic heterocycles. The molecule has 39 heavy (non-hydrogen) atoms. The Morgan fingerprint density at radius 2 is 1.46 bits per heavy atom. The van der Waals surface area contributed by atoms with Crippen LogP contribution in [0.3, 0.4) is 0 Å². The van der Waals surface area contributed by atoms with Crippen molar-refractivity contribution in [2.75, 3.05) is 6.61 Å². The van der Waals surface area contributed by atoms with E-state index in [4.69, 9.17) is 9.47 Å². The van der Waals surface area contributed by atoms with Gasteiger partial charge < -0.3 is 14.6 Å². The quantitative estimate of drug-likeness (QED) is 0.109. The number of rotatable bonds is 13. The van der Waals surface area contributed by atoms with Gasteiger partial charge in [-0.3, -0.25) is 0 Å². The van der Waals surface area contributed by atoms with Gasteiger partial charge in [-0.25, -0.2) is 9.59 Å². The van der Waals surface area contributed by atoms with Crippen LogP contribution in [0.15, 0.2) is 85.0 Å². The molecule has 5 nitrogen and oxygen atoms in total. The van der Waals surface area contributed by atoms with Crippen molar-refractivity contribution in [3.05, 3.63) is 102 Å². The third-order valence-corrected chi connectivity index (χ3v) is 6.60. The summed E-state index contributed by atoms with van der Waals surface area (Å²) >= 11 is 0. The van der Waals surface area contributed by atoms with E-state index in [2.05, 4.69) is 69.5 Å². The van der Waals surface area contributed by atoms with Crippen LogP contribution < -0.4 is 4.74 Å². The predicted octanol–water partition coefficient (Wildman–Crippen LogP) is 7.39. The summed E-state index contributed by atoms with van der Waals surface area (Å²) in [5, 5.41) is 9.21. The van der Waals surface area contributed by atoms with Crippen LogP contribution in [0, 0.1) is 0 Å². The first-order valence-electron chi connectivity index (χ1n) is 13.5. The van der Waals surface area contributed by atoms with E-state index in [-0.39, 0.29) is 23.5 Å². The molecule has 0 fully saturated rings. The molecule has 3 rings (SSSR count). The number of esters is 2. The number of carbonyl (C=O) groups excluding carboxylic acids is 2. The average molecular weight is 527 g/mol. The van der Waals surface area contributed by atoms with E-state index in [1.807, 2.05) is 12.1 Å². The molecule has 0 aliphatic carbocycles. The lowest BCUT2D eigenvalue weighted by Crippen LogP contribution is -2.14. The molecule has 0 unspecified atom stereocenters. The minimum atomic E-state index is -0.744. The molecule has 5 heteroatoms. The highest BCUT2D eigenvalue weighted by molar-refractivity contribution is 5.90. The molecule has 0 heterocycles. The molecule has 0 bridgehead atoms. The second-order valence-electron chi connectivity index (χ2n) is 9.71. The number of hydrogen-bond acceptors (Lipinski definition) is 5. The van der Waals surface area contributed by atoms with Crippen LogP contribution in [0.25, 0.3) is 22.3 Å².